The van der Waals surface area contributed by atoms with Crippen molar-refractivity contribution in [1.29, 1.82) is 0 Å². The van der Waals surface area contributed by atoms with Gasteiger partial charge in [0, 0.05) is 0 Å². The van der Waals surface area contributed by atoms with Gasteiger partial charge in [0.25, 0.3) is 0 Å². The zero-order chi connectivity index (χ0) is 22.6. The number of rotatable bonds is 19. The zero-order valence-electron chi connectivity index (χ0n) is 20.6. The maximum atomic E-state index is 12.3. The van der Waals surface area contributed by atoms with Crippen LogP contribution in [0, 0.1) is 11.8 Å². The van der Waals surface area contributed by atoms with E-state index in [2.05, 4.69) is 13.8 Å². The zero-order valence-corrected chi connectivity index (χ0v) is 20.6. The van der Waals surface area contributed by atoms with Crippen LogP contribution in [0.1, 0.15) is 136 Å². The Labute approximate surface area is 192 Å². The maximum absolute atomic E-state index is 12.3. The van der Waals surface area contributed by atoms with Gasteiger partial charge in [-0.25, -0.2) is 0 Å². The molecule has 0 bridgehead atoms. The highest BCUT2D eigenvalue weighted by atomic mass is 16.5. The molecule has 0 radical (unpaired) electrons. The molecule has 1 fully saturated rings. The van der Waals surface area contributed by atoms with E-state index in [0.717, 1.165) is 51.4 Å². The van der Waals surface area contributed by atoms with Gasteiger partial charge in [-0.1, -0.05) is 97.3 Å². The van der Waals surface area contributed by atoms with Crippen molar-refractivity contribution >= 4 is 11.9 Å². The summed E-state index contributed by atoms with van der Waals surface area (Å²) in [6.45, 7) is 5.53. The summed E-state index contributed by atoms with van der Waals surface area (Å²) >= 11 is 0. The number of ether oxygens (including phenoxy) is 2. The molecule has 4 nitrogen and oxygen atoms in total. The Balaban J connectivity index is 1.95. The summed E-state index contributed by atoms with van der Waals surface area (Å²) < 4.78 is 10.9. The topological polar surface area (TPSA) is 52.6 Å². The van der Waals surface area contributed by atoms with Crippen LogP contribution in [0.2, 0.25) is 0 Å². The quantitative estimate of drug-likeness (QED) is 0.153. The second kappa shape index (κ2) is 19.6. The van der Waals surface area contributed by atoms with Gasteiger partial charge in [0.1, 0.15) is 0 Å². The van der Waals surface area contributed by atoms with Gasteiger partial charge in [-0.3, -0.25) is 9.59 Å². The van der Waals surface area contributed by atoms with Crippen molar-refractivity contribution in [2.75, 3.05) is 13.2 Å². The Bertz CT molecular complexity index is 441. The molecule has 4 heteroatoms. The maximum Gasteiger partial charge on any atom is 0.308 e. The molecule has 0 aromatic carbocycles. The fourth-order valence-corrected chi connectivity index (χ4v) is 4.44. The van der Waals surface area contributed by atoms with E-state index < -0.39 is 0 Å². The predicted molar refractivity (Wildman–Crippen MR) is 128 cm³/mol. The molecule has 1 saturated carbocycles. The molecular weight excluding hydrogens is 388 g/mol. The van der Waals surface area contributed by atoms with Crippen LogP contribution >= 0.6 is 0 Å². The van der Waals surface area contributed by atoms with E-state index in [1.54, 1.807) is 0 Å². The summed E-state index contributed by atoms with van der Waals surface area (Å²) in [6.07, 6.45) is 21.8. The minimum atomic E-state index is -0.0655. The Morgan fingerprint density at radius 2 is 0.806 bits per heavy atom. The summed E-state index contributed by atoms with van der Waals surface area (Å²) in [6, 6.07) is 0. The van der Waals surface area contributed by atoms with E-state index >= 15 is 0 Å². The monoisotopic (exact) mass is 438 g/mol. The standard InChI is InChI=1S/C27H50O4/c1-3-5-7-9-10-11-12-13-14-15-17-23-31-27(29)25-20-18-24(19-21-25)26(28)30-22-16-8-6-4-2/h24-25H,3-23H2,1-2H3. The average molecular weight is 439 g/mol. The highest BCUT2D eigenvalue weighted by Crippen LogP contribution is 2.30. The first kappa shape index (κ1) is 28.0. The fourth-order valence-electron chi connectivity index (χ4n) is 4.44. The summed E-state index contributed by atoms with van der Waals surface area (Å²) in [5.74, 6) is -0.175. The fraction of sp³-hybridized carbons (Fsp3) is 0.926. The van der Waals surface area contributed by atoms with Crippen LogP contribution in [0.5, 0.6) is 0 Å². The van der Waals surface area contributed by atoms with Crippen molar-refractivity contribution in [2.24, 2.45) is 11.8 Å². The van der Waals surface area contributed by atoms with Crippen LogP contribution in [0.3, 0.4) is 0 Å². The van der Waals surface area contributed by atoms with Gasteiger partial charge in [-0.2, -0.15) is 0 Å². The minimum absolute atomic E-state index is 0.0260. The smallest absolute Gasteiger partial charge is 0.308 e. The third-order valence-electron chi connectivity index (χ3n) is 6.63. The molecule has 1 aliphatic carbocycles. The van der Waals surface area contributed by atoms with Gasteiger partial charge in [-0.15, -0.1) is 0 Å². The molecule has 0 aliphatic heterocycles. The highest BCUT2D eigenvalue weighted by Gasteiger charge is 2.31. The Morgan fingerprint density at radius 1 is 0.516 bits per heavy atom. The number of carbonyl (C=O) groups excluding carboxylic acids is 2. The molecule has 1 aliphatic rings. The van der Waals surface area contributed by atoms with Gasteiger partial charge in [0.05, 0.1) is 25.0 Å². The molecule has 0 unspecified atom stereocenters. The van der Waals surface area contributed by atoms with Gasteiger partial charge in [-0.05, 0) is 38.5 Å². The minimum Gasteiger partial charge on any atom is -0.465 e. The van der Waals surface area contributed by atoms with Crippen LogP contribution in [0.4, 0.5) is 0 Å². The Hall–Kier alpha value is -1.06. The number of unbranched alkanes of at least 4 members (excludes halogenated alkanes) is 13. The normalized spacial score (nSPS) is 18.6. The van der Waals surface area contributed by atoms with Crippen LogP contribution in [0.25, 0.3) is 0 Å². The lowest BCUT2D eigenvalue weighted by Gasteiger charge is -2.26. The molecule has 0 aromatic rings. The number of hydrogen-bond donors (Lipinski definition) is 0. The first-order valence-corrected chi connectivity index (χ1v) is 13.5. The molecule has 0 N–H and O–H groups in total. The summed E-state index contributed by atoms with van der Waals surface area (Å²) in [4.78, 5) is 24.5. The molecule has 0 amide bonds. The molecule has 0 spiro atoms. The lowest BCUT2D eigenvalue weighted by Crippen LogP contribution is -2.28. The first-order chi connectivity index (χ1) is 15.2. The van der Waals surface area contributed by atoms with Crippen LogP contribution in [-0.2, 0) is 19.1 Å². The van der Waals surface area contributed by atoms with Gasteiger partial charge >= 0.3 is 11.9 Å². The van der Waals surface area contributed by atoms with E-state index in [1.807, 2.05) is 0 Å². The highest BCUT2D eigenvalue weighted by molar-refractivity contribution is 5.75. The van der Waals surface area contributed by atoms with Gasteiger partial charge < -0.3 is 9.47 Å². The van der Waals surface area contributed by atoms with Crippen LogP contribution < -0.4 is 0 Å². The molecule has 0 atom stereocenters. The SMILES string of the molecule is CCCCCCCCCCCCCOC(=O)C1CCC(C(=O)OCCCCCC)CC1. The summed E-state index contributed by atoms with van der Waals surface area (Å²) in [5, 5.41) is 0. The van der Waals surface area contributed by atoms with Crippen molar-refractivity contribution in [2.45, 2.75) is 136 Å². The van der Waals surface area contributed by atoms with Crippen molar-refractivity contribution in [3.8, 4) is 0 Å². The molecule has 0 aromatic heterocycles. The van der Waals surface area contributed by atoms with E-state index in [9.17, 15) is 9.59 Å². The second-order valence-electron chi connectivity index (χ2n) is 9.48. The third kappa shape index (κ3) is 14.6. The number of esters is 2. The van der Waals surface area contributed by atoms with E-state index in [0.29, 0.717) is 13.2 Å². The van der Waals surface area contributed by atoms with Crippen molar-refractivity contribution < 1.29 is 19.1 Å². The lowest BCUT2D eigenvalue weighted by atomic mass is 9.82. The van der Waals surface area contributed by atoms with Crippen LogP contribution in [0.15, 0.2) is 0 Å². The van der Waals surface area contributed by atoms with Gasteiger partial charge in [0.2, 0.25) is 0 Å². The van der Waals surface area contributed by atoms with Crippen molar-refractivity contribution in [1.82, 2.24) is 0 Å². The summed E-state index contributed by atoms with van der Waals surface area (Å²) in [7, 11) is 0. The third-order valence-corrected chi connectivity index (χ3v) is 6.63. The molecule has 0 saturated heterocycles. The van der Waals surface area contributed by atoms with E-state index in [4.69, 9.17) is 9.47 Å². The second-order valence-corrected chi connectivity index (χ2v) is 9.48. The molecule has 31 heavy (non-hydrogen) atoms. The first-order valence-electron chi connectivity index (χ1n) is 13.5. The van der Waals surface area contributed by atoms with Gasteiger partial charge in [0.15, 0.2) is 0 Å². The molecular formula is C27H50O4. The van der Waals surface area contributed by atoms with E-state index in [-0.39, 0.29) is 23.8 Å². The summed E-state index contributed by atoms with van der Waals surface area (Å²) in [5.41, 5.74) is 0. The van der Waals surface area contributed by atoms with Crippen molar-refractivity contribution in [3.05, 3.63) is 0 Å². The average Bonchev–Trinajstić information content (AvgIpc) is 2.79. The molecule has 0 heterocycles. The van der Waals surface area contributed by atoms with Crippen molar-refractivity contribution in [3.63, 3.8) is 0 Å². The molecule has 1 rings (SSSR count). The van der Waals surface area contributed by atoms with Crippen LogP contribution in [-0.4, -0.2) is 25.2 Å². The molecule has 182 valence electrons. The Morgan fingerprint density at radius 3 is 1.16 bits per heavy atom. The number of hydrogen-bond acceptors (Lipinski definition) is 4. The predicted octanol–water partition coefficient (Wildman–Crippen LogP) is 7.77. The number of carbonyl (C=O) groups is 2. The largest absolute Gasteiger partial charge is 0.465 e. The Kier molecular flexibility index (Phi) is 17.7. The van der Waals surface area contributed by atoms with E-state index in [1.165, 1.54) is 70.6 Å². The lowest BCUT2D eigenvalue weighted by molar-refractivity contribution is -0.155.